The zero-order valence-corrected chi connectivity index (χ0v) is 10.7. The molecule has 0 aliphatic carbocycles. The van der Waals surface area contributed by atoms with Crippen LogP contribution in [0.1, 0.15) is 16.5 Å². The van der Waals surface area contributed by atoms with E-state index in [0.29, 0.717) is 0 Å². The molecule has 2 aromatic heterocycles. The molecule has 0 aliphatic rings. The summed E-state index contributed by atoms with van der Waals surface area (Å²) in [6.45, 7) is 0. The van der Waals surface area contributed by atoms with Gasteiger partial charge in [0, 0.05) is 20.8 Å². The first-order valence-corrected chi connectivity index (χ1v) is 6.88. The lowest BCUT2D eigenvalue weighted by Crippen LogP contribution is -2.11. The molecule has 2 aromatic rings. The summed E-state index contributed by atoms with van der Waals surface area (Å²) >= 11 is 6.87. The quantitative estimate of drug-likeness (QED) is 0.913. The average Bonchev–Trinajstić information content (AvgIpc) is 2.75. The average molecular weight is 288 g/mol. The molecule has 0 amide bonds. The number of thiophene rings is 2. The van der Waals surface area contributed by atoms with Crippen molar-refractivity contribution in [2.45, 2.75) is 12.5 Å². The van der Waals surface area contributed by atoms with Crippen LogP contribution in [0.15, 0.2) is 32.7 Å². The van der Waals surface area contributed by atoms with Crippen molar-refractivity contribution in [1.82, 2.24) is 0 Å². The summed E-state index contributed by atoms with van der Waals surface area (Å²) in [6.07, 6.45) is 0.927. The molecule has 2 N–H and O–H groups in total. The number of rotatable bonds is 3. The van der Waals surface area contributed by atoms with Crippen LogP contribution in [0.25, 0.3) is 0 Å². The summed E-state index contributed by atoms with van der Waals surface area (Å²) in [5, 5.41) is 6.32. The van der Waals surface area contributed by atoms with E-state index in [1.807, 2.05) is 0 Å². The molecule has 74 valence electrons. The minimum atomic E-state index is 0.126. The Morgan fingerprint density at radius 2 is 2.29 bits per heavy atom. The molecule has 0 aromatic carbocycles. The van der Waals surface area contributed by atoms with E-state index >= 15 is 0 Å². The van der Waals surface area contributed by atoms with Crippen molar-refractivity contribution in [2.24, 2.45) is 5.73 Å². The van der Waals surface area contributed by atoms with Crippen LogP contribution in [0.2, 0.25) is 0 Å². The van der Waals surface area contributed by atoms with Gasteiger partial charge in [-0.3, -0.25) is 0 Å². The van der Waals surface area contributed by atoms with E-state index in [-0.39, 0.29) is 6.04 Å². The first-order chi connectivity index (χ1) is 6.75. The van der Waals surface area contributed by atoms with Gasteiger partial charge in [0.25, 0.3) is 0 Å². The standard InChI is InChI=1S/C10H10BrNS2/c11-8-4-10(14-6-8)9(12)3-7-1-2-13-5-7/h1-2,4-6,9H,3,12H2. The topological polar surface area (TPSA) is 26.0 Å². The van der Waals surface area contributed by atoms with E-state index in [0.717, 1.165) is 10.9 Å². The third-order valence-electron chi connectivity index (χ3n) is 1.99. The molecular formula is C10H10BrNS2. The Morgan fingerprint density at radius 3 is 2.86 bits per heavy atom. The second kappa shape index (κ2) is 4.57. The van der Waals surface area contributed by atoms with E-state index in [2.05, 4.69) is 44.2 Å². The fraction of sp³-hybridized carbons (Fsp3) is 0.200. The Balaban J connectivity index is 2.06. The Hall–Kier alpha value is -0.160. The molecule has 1 nitrogen and oxygen atoms in total. The summed E-state index contributed by atoms with van der Waals surface area (Å²) in [4.78, 5) is 1.24. The number of hydrogen-bond donors (Lipinski definition) is 1. The van der Waals surface area contributed by atoms with Crippen LogP contribution >= 0.6 is 38.6 Å². The summed E-state index contributed by atoms with van der Waals surface area (Å²) in [5.74, 6) is 0. The molecule has 1 atom stereocenters. The van der Waals surface area contributed by atoms with Crippen molar-refractivity contribution in [2.75, 3.05) is 0 Å². The van der Waals surface area contributed by atoms with Crippen LogP contribution in [-0.4, -0.2) is 0 Å². The van der Waals surface area contributed by atoms with E-state index in [9.17, 15) is 0 Å². The van der Waals surface area contributed by atoms with Gasteiger partial charge in [0.2, 0.25) is 0 Å². The lowest BCUT2D eigenvalue weighted by Gasteiger charge is -2.07. The molecule has 2 rings (SSSR count). The van der Waals surface area contributed by atoms with E-state index in [1.165, 1.54) is 10.4 Å². The highest BCUT2D eigenvalue weighted by atomic mass is 79.9. The predicted molar refractivity (Wildman–Crippen MR) is 67.0 cm³/mol. The van der Waals surface area contributed by atoms with Gasteiger partial charge < -0.3 is 5.73 Å². The van der Waals surface area contributed by atoms with Gasteiger partial charge in [-0.05, 0) is 50.8 Å². The highest BCUT2D eigenvalue weighted by molar-refractivity contribution is 9.10. The molecule has 0 saturated carbocycles. The maximum absolute atomic E-state index is 6.09. The van der Waals surface area contributed by atoms with Crippen molar-refractivity contribution in [3.8, 4) is 0 Å². The van der Waals surface area contributed by atoms with Crippen LogP contribution in [-0.2, 0) is 6.42 Å². The highest BCUT2D eigenvalue weighted by Gasteiger charge is 2.09. The molecule has 0 aliphatic heterocycles. The Labute approximate surface area is 99.7 Å². The van der Waals surface area contributed by atoms with Crippen molar-refractivity contribution in [3.63, 3.8) is 0 Å². The summed E-state index contributed by atoms with van der Waals surface area (Å²) in [7, 11) is 0. The van der Waals surface area contributed by atoms with Gasteiger partial charge in [0.15, 0.2) is 0 Å². The van der Waals surface area contributed by atoms with Gasteiger partial charge in [0.1, 0.15) is 0 Å². The minimum absolute atomic E-state index is 0.126. The second-order valence-corrected chi connectivity index (χ2v) is 5.75. The zero-order chi connectivity index (χ0) is 9.97. The Bertz CT molecular complexity index is 394. The van der Waals surface area contributed by atoms with Crippen LogP contribution < -0.4 is 5.73 Å². The van der Waals surface area contributed by atoms with Crippen molar-refractivity contribution in [3.05, 3.63) is 43.2 Å². The van der Waals surface area contributed by atoms with Crippen molar-refractivity contribution >= 4 is 38.6 Å². The molecule has 0 bridgehead atoms. The summed E-state index contributed by atoms with van der Waals surface area (Å²) in [6, 6.07) is 4.36. The number of hydrogen-bond acceptors (Lipinski definition) is 3. The minimum Gasteiger partial charge on any atom is -0.323 e. The van der Waals surface area contributed by atoms with Gasteiger partial charge in [-0.2, -0.15) is 11.3 Å². The van der Waals surface area contributed by atoms with Gasteiger partial charge in [-0.25, -0.2) is 0 Å². The second-order valence-electron chi connectivity index (χ2n) is 3.11. The fourth-order valence-corrected chi connectivity index (χ4v) is 3.42. The van der Waals surface area contributed by atoms with Gasteiger partial charge >= 0.3 is 0 Å². The monoisotopic (exact) mass is 287 g/mol. The highest BCUT2D eigenvalue weighted by Crippen LogP contribution is 2.26. The summed E-state index contributed by atoms with van der Waals surface area (Å²) in [5.41, 5.74) is 7.42. The number of halogens is 1. The molecule has 0 radical (unpaired) electrons. The smallest absolute Gasteiger partial charge is 0.0431 e. The van der Waals surface area contributed by atoms with Crippen molar-refractivity contribution in [1.29, 1.82) is 0 Å². The van der Waals surface area contributed by atoms with Gasteiger partial charge in [0.05, 0.1) is 0 Å². The molecule has 0 saturated heterocycles. The van der Waals surface area contributed by atoms with Crippen LogP contribution in [0.4, 0.5) is 0 Å². The largest absolute Gasteiger partial charge is 0.323 e. The molecular weight excluding hydrogens is 278 g/mol. The normalized spacial score (nSPS) is 13.0. The van der Waals surface area contributed by atoms with Crippen LogP contribution in [0.3, 0.4) is 0 Å². The Kier molecular flexibility index (Phi) is 3.38. The molecule has 0 spiro atoms. The molecule has 14 heavy (non-hydrogen) atoms. The number of nitrogens with two attached hydrogens (primary N) is 1. The van der Waals surface area contributed by atoms with Gasteiger partial charge in [-0.15, -0.1) is 11.3 Å². The Morgan fingerprint density at radius 1 is 1.43 bits per heavy atom. The van der Waals surface area contributed by atoms with Gasteiger partial charge in [-0.1, -0.05) is 0 Å². The van der Waals surface area contributed by atoms with Crippen LogP contribution in [0, 0.1) is 0 Å². The lowest BCUT2D eigenvalue weighted by atomic mass is 10.1. The van der Waals surface area contributed by atoms with Crippen LogP contribution in [0.5, 0.6) is 0 Å². The van der Waals surface area contributed by atoms with E-state index in [1.54, 1.807) is 22.7 Å². The molecule has 0 fully saturated rings. The first-order valence-electron chi connectivity index (χ1n) is 4.26. The zero-order valence-electron chi connectivity index (χ0n) is 7.44. The SMILES string of the molecule is NC(Cc1ccsc1)c1cc(Br)cs1. The lowest BCUT2D eigenvalue weighted by molar-refractivity contribution is 0.738. The fourth-order valence-electron chi connectivity index (χ4n) is 1.29. The summed E-state index contributed by atoms with van der Waals surface area (Å²) < 4.78 is 1.12. The molecule has 4 heteroatoms. The molecule has 2 heterocycles. The van der Waals surface area contributed by atoms with E-state index in [4.69, 9.17) is 5.73 Å². The third kappa shape index (κ3) is 2.45. The predicted octanol–water partition coefficient (Wildman–Crippen LogP) is 3.81. The molecule has 1 unspecified atom stereocenters. The first kappa shape index (κ1) is 10.4. The maximum atomic E-state index is 6.09. The maximum Gasteiger partial charge on any atom is 0.0431 e. The third-order valence-corrected chi connectivity index (χ3v) is 4.55. The van der Waals surface area contributed by atoms with E-state index < -0.39 is 0 Å². The van der Waals surface area contributed by atoms with Crippen molar-refractivity contribution < 1.29 is 0 Å².